The van der Waals surface area contributed by atoms with Crippen LogP contribution < -0.4 is 10.6 Å². The Hall–Kier alpha value is -2.27. The molecule has 2 N–H and O–H groups in total. The van der Waals surface area contributed by atoms with E-state index >= 15 is 0 Å². The largest absolute Gasteiger partial charge is 0.353 e. The average molecular weight is 408 g/mol. The van der Waals surface area contributed by atoms with Crippen molar-refractivity contribution in [2.24, 2.45) is 18.4 Å². The molecule has 5 heteroatoms. The highest BCUT2D eigenvalue weighted by molar-refractivity contribution is 7.16. The van der Waals surface area contributed by atoms with Crippen molar-refractivity contribution in [2.75, 3.05) is 5.32 Å². The summed E-state index contributed by atoms with van der Waals surface area (Å²) in [7, 11) is 2.06. The summed E-state index contributed by atoms with van der Waals surface area (Å²) >= 11 is 1.80. The van der Waals surface area contributed by atoms with Crippen LogP contribution in [0.2, 0.25) is 0 Å². The molecule has 5 rings (SSSR count). The van der Waals surface area contributed by atoms with E-state index in [0.717, 1.165) is 29.0 Å². The Kier molecular flexibility index (Phi) is 4.28. The van der Waals surface area contributed by atoms with Gasteiger partial charge in [0.2, 0.25) is 0 Å². The Labute approximate surface area is 176 Å². The number of hydrogen-bond acceptors (Lipinski definition) is 3. The van der Waals surface area contributed by atoms with Gasteiger partial charge in [-0.05, 0) is 42.2 Å². The van der Waals surface area contributed by atoms with E-state index in [2.05, 4.69) is 73.5 Å². The first-order chi connectivity index (χ1) is 13.9. The molecular weight excluding hydrogens is 378 g/mol. The van der Waals surface area contributed by atoms with Crippen LogP contribution >= 0.6 is 11.3 Å². The molecule has 152 valence electrons. The first kappa shape index (κ1) is 18.7. The molecule has 2 atom stereocenters. The van der Waals surface area contributed by atoms with E-state index in [4.69, 9.17) is 0 Å². The summed E-state index contributed by atoms with van der Waals surface area (Å²) in [6.07, 6.45) is 6.42. The Morgan fingerprint density at radius 2 is 2.03 bits per heavy atom. The molecule has 0 radical (unpaired) electrons. The number of carbonyl (C=O) groups excluding carboxylic acids is 1. The van der Waals surface area contributed by atoms with E-state index < -0.39 is 0 Å². The van der Waals surface area contributed by atoms with Gasteiger partial charge in [0, 0.05) is 34.6 Å². The van der Waals surface area contributed by atoms with Gasteiger partial charge in [0.15, 0.2) is 0 Å². The number of aryl methyl sites for hydroxylation is 1. The lowest BCUT2D eigenvalue weighted by Crippen LogP contribution is -2.38. The number of aromatic nitrogens is 1. The molecule has 1 amide bonds. The van der Waals surface area contributed by atoms with Gasteiger partial charge in [-0.25, -0.2) is 0 Å². The molecule has 1 aromatic carbocycles. The lowest BCUT2D eigenvalue weighted by molar-refractivity contribution is 0.0935. The minimum atomic E-state index is -0.191. The van der Waals surface area contributed by atoms with Gasteiger partial charge in [0.25, 0.3) is 5.91 Å². The van der Waals surface area contributed by atoms with E-state index in [1.165, 1.54) is 34.2 Å². The number of nitrogens with zero attached hydrogens (tertiary/aromatic N) is 1. The predicted octanol–water partition coefficient (Wildman–Crippen LogP) is 5.64. The maximum atomic E-state index is 13.1. The van der Waals surface area contributed by atoms with Crippen LogP contribution in [0.1, 0.15) is 66.1 Å². The molecule has 1 aliphatic carbocycles. The maximum absolute atomic E-state index is 13.1. The van der Waals surface area contributed by atoms with Crippen LogP contribution in [0.3, 0.4) is 0 Å². The minimum Gasteiger partial charge on any atom is -0.353 e. The van der Waals surface area contributed by atoms with Crippen molar-refractivity contribution in [1.82, 2.24) is 9.88 Å². The number of carbonyl (C=O) groups is 1. The van der Waals surface area contributed by atoms with Crippen LogP contribution in [0.5, 0.6) is 0 Å². The van der Waals surface area contributed by atoms with Gasteiger partial charge < -0.3 is 15.2 Å². The molecule has 4 nitrogen and oxygen atoms in total. The highest BCUT2D eigenvalue weighted by atomic mass is 32.1. The van der Waals surface area contributed by atoms with E-state index in [0.29, 0.717) is 11.3 Å². The molecule has 1 aliphatic heterocycles. The quantitative estimate of drug-likeness (QED) is 0.591. The molecule has 0 spiro atoms. The number of nitrogens with one attached hydrogen (secondary N) is 2. The fraction of sp³-hybridized carbons (Fsp3) is 0.458. The third-order valence-corrected chi connectivity index (χ3v) is 8.48. The first-order valence-corrected chi connectivity index (χ1v) is 11.5. The van der Waals surface area contributed by atoms with Crippen LogP contribution in [-0.4, -0.2) is 10.5 Å². The summed E-state index contributed by atoms with van der Waals surface area (Å²) in [6.45, 7) is 7.06. The highest BCUT2D eigenvalue weighted by Gasteiger charge is 2.37. The normalized spacial score (nSPS) is 21.4. The van der Waals surface area contributed by atoms with Gasteiger partial charge >= 0.3 is 0 Å². The molecule has 0 unspecified atom stereocenters. The van der Waals surface area contributed by atoms with E-state index in [1.54, 1.807) is 11.3 Å². The molecule has 2 aromatic heterocycles. The second-order valence-corrected chi connectivity index (χ2v) is 10.4. The van der Waals surface area contributed by atoms with Crippen molar-refractivity contribution in [3.8, 4) is 0 Å². The van der Waals surface area contributed by atoms with Crippen molar-refractivity contribution in [1.29, 1.82) is 0 Å². The number of benzene rings is 1. The number of hydrogen-bond donors (Lipinski definition) is 2. The van der Waals surface area contributed by atoms with Crippen LogP contribution in [-0.2, 0) is 19.9 Å². The zero-order valence-corrected chi connectivity index (χ0v) is 18.5. The second-order valence-electron chi connectivity index (χ2n) is 9.25. The SMILES string of the molecule is CCC(C)(C)[C@@H]1CCc2c(sc3c2C(=O)N[C@H](c2cn(C)c4ccccc24)N3)C1. The zero-order chi connectivity index (χ0) is 20.3. The monoisotopic (exact) mass is 407 g/mol. The summed E-state index contributed by atoms with van der Waals surface area (Å²) in [5, 5.41) is 9.10. The summed E-state index contributed by atoms with van der Waals surface area (Å²) in [6, 6.07) is 8.36. The van der Waals surface area contributed by atoms with Gasteiger partial charge in [-0.15, -0.1) is 11.3 Å². The van der Waals surface area contributed by atoms with Crippen molar-refractivity contribution < 1.29 is 4.79 Å². The van der Waals surface area contributed by atoms with Crippen LogP contribution in [0, 0.1) is 11.3 Å². The smallest absolute Gasteiger partial charge is 0.256 e. The lowest BCUT2D eigenvalue weighted by atomic mass is 9.69. The molecular formula is C24H29N3OS. The van der Waals surface area contributed by atoms with Gasteiger partial charge in [-0.3, -0.25) is 4.79 Å². The van der Waals surface area contributed by atoms with Gasteiger partial charge in [-0.1, -0.05) is 45.4 Å². The van der Waals surface area contributed by atoms with E-state index in [9.17, 15) is 4.79 Å². The summed E-state index contributed by atoms with van der Waals surface area (Å²) in [5.74, 6) is 0.763. The summed E-state index contributed by atoms with van der Waals surface area (Å²) in [4.78, 5) is 14.5. The van der Waals surface area contributed by atoms with Crippen molar-refractivity contribution in [3.63, 3.8) is 0 Å². The number of anilines is 1. The number of rotatable bonds is 3. The molecule has 3 aromatic rings. The molecule has 0 saturated carbocycles. The zero-order valence-electron chi connectivity index (χ0n) is 17.6. The number of amides is 1. The fourth-order valence-corrected chi connectivity index (χ4v) is 6.37. The molecule has 0 fully saturated rings. The van der Waals surface area contributed by atoms with Crippen LogP contribution in [0.15, 0.2) is 30.5 Å². The van der Waals surface area contributed by atoms with Crippen LogP contribution in [0.4, 0.5) is 5.00 Å². The highest BCUT2D eigenvalue weighted by Crippen LogP contribution is 2.47. The fourth-order valence-electron chi connectivity index (χ4n) is 5.01. The number of fused-ring (bicyclic) bond motifs is 4. The Bertz CT molecular complexity index is 1110. The summed E-state index contributed by atoms with van der Waals surface area (Å²) in [5.41, 5.74) is 4.84. The molecule has 0 bridgehead atoms. The van der Waals surface area contributed by atoms with Gasteiger partial charge in [0.05, 0.1) is 5.56 Å². The topological polar surface area (TPSA) is 46.1 Å². The number of para-hydroxylation sites is 1. The predicted molar refractivity (Wildman–Crippen MR) is 121 cm³/mol. The molecule has 29 heavy (non-hydrogen) atoms. The summed E-state index contributed by atoms with van der Waals surface area (Å²) < 4.78 is 2.13. The van der Waals surface area contributed by atoms with Crippen LogP contribution in [0.25, 0.3) is 10.9 Å². The van der Waals surface area contributed by atoms with Crippen molar-refractivity contribution in [2.45, 2.75) is 52.6 Å². The molecule has 3 heterocycles. The maximum Gasteiger partial charge on any atom is 0.256 e. The van der Waals surface area contributed by atoms with E-state index in [-0.39, 0.29) is 12.1 Å². The van der Waals surface area contributed by atoms with E-state index in [1.807, 2.05) is 0 Å². The Balaban J connectivity index is 1.50. The third-order valence-electron chi connectivity index (χ3n) is 7.30. The van der Waals surface area contributed by atoms with Gasteiger partial charge in [0.1, 0.15) is 11.2 Å². The number of thiophene rings is 1. The Morgan fingerprint density at radius 1 is 1.24 bits per heavy atom. The van der Waals surface area contributed by atoms with Crippen molar-refractivity contribution >= 4 is 33.1 Å². The lowest BCUT2D eigenvalue weighted by Gasteiger charge is -2.36. The molecule has 0 saturated heterocycles. The molecule has 2 aliphatic rings. The van der Waals surface area contributed by atoms with Crippen molar-refractivity contribution in [3.05, 3.63) is 52.0 Å². The average Bonchev–Trinajstić information content (AvgIpc) is 3.25. The Morgan fingerprint density at radius 3 is 2.83 bits per heavy atom. The first-order valence-electron chi connectivity index (χ1n) is 10.6. The second kappa shape index (κ2) is 6.63. The van der Waals surface area contributed by atoms with Gasteiger partial charge in [-0.2, -0.15) is 0 Å². The standard InChI is InChI=1S/C24H29N3OS/c1-5-24(2,3)14-10-11-16-19(12-14)29-23-20(16)22(28)25-21(26-23)17-13-27(4)18-9-7-6-8-15(17)18/h6-9,13-14,21,26H,5,10-12H2,1-4H3,(H,25,28)/t14-,21+/m1/s1. The third kappa shape index (κ3) is 2.90. The minimum absolute atomic E-state index is 0.0717.